The van der Waals surface area contributed by atoms with Gasteiger partial charge in [-0.1, -0.05) is 12.1 Å². The van der Waals surface area contributed by atoms with Crippen molar-refractivity contribution in [2.75, 3.05) is 0 Å². The van der Waals surface area contributed by atoms with Crippen molar-refractivity contribution in [2.45, 2.75) is 6.61 Å². The zero-order chi connectivity index (χ0) is 21.4. The minimum atomic E-state index is -0.392. The molecule has 3 heterocycles. The molecule has 0 saturated heterocycles. The fourth-order valence-corrected chi connectivity index (χ4v) is 3.68. The Morgan fingerprint density at radius 2 is 1.77 bits per heavy atom. The Morgan fingerprint density at radius 3 is 2.55 bits per heavy atom. The number of imidazole rings is 1. The zero-order valence-corrected chi connectivity index (χ0v) is 17.2. The highest BCUT2D eigenvalue weighted by molar-refractivity contribution is 5.80. The first-order chi connectivity index (χ1) is 15.1. The van der Waals surface area contributed by atoms with E-state index in [1.165, 1.54) is 6.07 Å². The molecule has 6 nitrogen and oxygen atoms in total. The predicted octanol–water partition coefficient (Wildman–Crippen LogP) is 4.75. The van der Waals surface area contributed by atoms with Gasteiger partial charge in [0, 0.05) is 49.9 Å². The quantitative estimate of drug-likeness (QED) is 0.417. The van der Waals surface area contributed by atoms with E-state index in [4.69, 9.17) is 4.74 Å². The summed E-state index contributed by atoms with van der Waals surface area (Å²) in [4.78, 5) is 8.64. The van der Waals surface area contributed by atoms with Gasteiger partial charge in [0.15, 0.2) is 0 Å². The molecule has 0 N–H and O–H groups in total. The Bertz CT molecular complexity index is 1370. The molecule has 0 unspecified atom stereocenters. The summed E-state index contributed by atoms with van der Waals surface area (Å²) in [5.74, 6) is 0.821. The molecule has 0 aliphatic heterocycles. The number of para-hydroxylation sites is 2. The van der Waals surface area contributed by atoms with E-state index in [9.17, 15) is 0 Å². The lowest BCUT2D eigenvalue weighted by molar-refractivity contribution is 0.291. The first kappa shape index (κ1) is 19.0. The van der Waals surface area contributed by atoms with Gasteiger partial charge in [0.05, 0.1) is 11.0 Å². The molecule has 31 heavy (non-hydrogen) atoms. The highest BCUT2D eigenvalue weighted by atomic mass is 19.1. The normalized spacial score (nSPS) is 11.2. The number of aryl methyl sites for hydroxylation is 2. The van der Waals surface area contributed by atoms with Gasteiger partial charge < -0.3 is 9.30 Å². The molecule has 3 aromatic heterocycles. The minimum absolute atomic E-state index is 0.246. The maximum atomic E-state index is 15.1. The fourth-order valence-electron chi connectivity index (χ4n) is 3.68. The van der Waals surface area contributed by atoms with Crippen LogP contribution in [-0.4, -0.2) is 24.3 Å². The SMILES string of the molecule is Cn1cc(-c2ccncc2)c(-c2ccc(OCc3nc4ccccc4n3C)cc2F)n1. The van der Waals surface area contributed by atoms with E-state index in [0.717, 1.165) is 28.0 Å². The number of hydrogen-bond donors (Lipinski definition) is 0. The molecule has 2 aromatic carbocycles. The molecule has 0 bridgehead atoms. The van der Waals surface area contributed by atoms with E-state index in [1.807, 2.05) is 61.3 Å². The summed E-state index contributed by atoms with van der Waals surface area (Å²) >= 11 is 0. The van der Waals surface area contributed by atoms with Gasteiger partial charge in [-0.05, 0) is 42.0 Å². The van der Waals surface area contributed by atoms with Crippen molar-refractivity contribution >= 4 is 11.0 Å². The molecule has 0 saturated carbocycles. The summed E-state index contributed by atoms with van der Waals surface area (Å²) < 4.78 is 24.6. The van der Waals surface area contributed by atoms with Crippen LogP contribution in [0.3, 0.4) is 0 Å². The first-order valence-electron chi connectivity index (χ1n) is 9.87. The van der Waals surface area contributed by atoms with E-state index in [0.29, 0.717) is 17.0 Å². The zero-order valence-electron chi connectivity index (χ0n) is 17.2. The van der Waals surface area contributed by atoms with Crippen LogP contribution >= 0.6 is 0 Å². The van der Waals surface area contributed by atoms with Crippen LogP contribution in [0.4, 0.5) is 4.39 Å². The van der Waals surface area contributed by atoms with Crippen LogP contribution in [0.2, 0.25) is 0 Å². The Labute approximate surface area is 178 Å². The summed E-state index contributed by atoms with van der Waals surface area (Å²) in [7, 11) is 3.76. The molecule has 5 aromatic rings. The van der Waals surface area contributed by atoms with Crippen LogP contribution in [0.5, 0.6) is 5.75 Å². The third-order valence-corrected chi connectivity index (χ3v) is 5.26. The Morgan fingerprint density at radius 1 is 0.968 bits per heavy atom. The number of nitrogens with zero attached hydrogens (tertiary/aromatic N) is 5. The molecule has 0 radical (unpaired) electrons. The summed E-state index contributed by atoms with van der Waals surface area (Å²) in [6.45, 7) is 0.246. The van der Waals surface area contributed by atoms with Crippen molar-refractivity contribution in [1.82, 2.24) is 24.3 Å². The van der Waals surface area contributed by atoms with Gasteiger partial charge in [-0.3, -0.25) is 9.67 Å². The number of aromatic nitrogens is 5. The number of pyridine rings is 1. The number of benzene rings is 2. The fraction of sp³-hybridized carbons (Fsp3) is 0.125. The van der Waals surface area contributed by atoms with E-state index in [2.05, 4.69) is 15.1 Å². The molecule has 154 valence electrons. The number of halogens is 1. The highest BCUT2D eigenvalue weighted by Crippen LogP contribution is 2.33. The van der Waals surface area contributed by atoms with Crippen LogP contribution in [0.1, 0.15) is 5.82 Å². The van der Waals surface area contributed by atoms with Crippen molar-refractivity contribution < 1.29 is 9.13 Å². The molecule has 0 aliphatic carbocycles. The average molecular weight is 413 g/mol. The molecular weight excluding hydrogens is 393 g/mol. The monoisotopic (exact) mass is 413 g/mol. The van der Waals surface area contributed by atoms with Gasteiger partial charge in [-0.15, -0.1) is 0 Å². The number of rotatable bonds is 5. The second-order valence-corrected chi connectivity index (χ2v) is 7.31. The lowest BCUT2D eigenvalue weighted by Gasteiger charge is -2.09. The molecule has 0 atom stereocenters. The maximum absolute atomic E-state index is 15.1. The smallest absolute Gasteiger partial charge is 0.147 e. The van der Waals surface area contributed by atoms with Crippen LogP contribution in [0, 0.1) is 5.82 Å². The second kappa shape index (κ2) is 7.68. The average Bonchev–Trinajstić information content (AvgIpc) is 3.33. The minimum Gasteiger partial charge on any atom is -0.486 e. The third-order valence-electron chi connectivity index (χ3n) is 5.26. The molecular formula is C24H20FN5O. The van der Waals surface area contributed by atoms with Crippen molar-refractivity contribution in [3.63, 3.8) is 0 Å². The lowest BCUT2D eigenvalue weighted by Crippen LogP contribution is -2.03. The molecule has 0 fully saturated rings. The number of ether oxygens (including phenoxy) is 1. The molecule has 5 rings (SSSR count). The van der Waals surface area contributed by atoms with Gasteiger partial charge in [-0.2, -0.15) is 5.10 Å². The van der Waals surface area contributed by atoms with Crippen LogP contribution in [0.25, 0.3) is 33.4 Å². The Balaban J connectivity index is 1.42. The summed E-state index contributed by atoms with van der Waals surface area (Å²) in [5.41, 5.74) is 4.71. The first-order valence-corrected chi connectivity index (χ1v) is 9.87. The standard InChI is InChI=1S/C24H20FN5O/c1-29-14-19(16-9-11-26-12-10-16)24(28-29)18-8-7-17(13-20(18)25)31-15-23-27-21-5-3-4-6-22(21)30(23)2/h3-14H,15H2,1-2H3. The Hall–Kier alpha value is -4.00. The van der Waals surface area contributed by atoms with Crippen molar-refractivity contribution in [1.29, 1.82) is 0 Å². The highest BCUT2D eigenvalue weighted by Gasteiger charge is 2.17. The Kier molecular flexibility index (Phi) is 4.71. The third kappa shape index (κ3) is 3.54. The maximum Gasteiger partial charge on any atom is 0.147 e. The van der Waals surface area contributed by atoms with E-state index in [-0.39, 0.29) is 6.61 Å². The van der Waals surface area contributed by atoms with Crippen molar-refractivity contribution in [3.05, 3.63) is 84.8 Å². The largest absolute Gasteiger partial charge is 0.486 e. The van der Waals surface area contributed by atoms with E-state index < -0.39 is 5.82 Å². The van der Waals surface area contributed by atoms with Gasteiger partial charge in [0.2, 0.25) is 0 Å². The second-order valence-electron chi connectivity index (χ2n) is 7.31. The number of hydrogen-bond acceptors (Lipinski definition) is 4. The lowest BCUT2D eigenvalue weighted by atomic mass is 10.0. The topological polar surface area (TPSA) is 57.8 Å². The predicted molar refractivity (Wildman–Crippen MR) is 117 cm³/mol. The summed E-state index contributed by atoms with van der Waals surface area (Å²) in [5, 5.41) is 4.48. The van der Waals surface area contributed by atoms with Crippen LogP contribution in [0.15, 0.2) is 73.2 Å². The number of fused-ring (bicyclic) bond motifs is 1. The van der Waals surface area contributed by atoms with E-state index >= 15 is 4.39 Å². The van der Waals surface area contributed by atoms with Gasteiger partial charge in [-0.25, -0.2) is 9.37 Å². The van der Waals surface area contributed by atoms with Gasteiger partial charge >= 0.3 is 0 Å². The summed E-state index contributed by atoms with van der Waals surface area (Å²) in [6.07, 6.45) is 5.29. The molecule has 7 heteroatoms. The summed E-state index contributed by atoms with van der Waals surface area (Å²) in [6, 6.07) is 16.5. The van der Waals surface area contributed by atoms with Crippen molar-refractivity contribution in [2.24, 2.45) is 14.1 Å². The molecule has 0 amide bonds. The van der Waals surface area contributed by atoms with Gasteiger partial charge in [0.25, 0.3) is 0 Å². The van der Waals surface area contributed by atoms with Crippen LogP contribution in [-0.2, 0) is 20.7 Å². The van der Waals surface area contributed by atoms with Crippen molar-refractivity contribution in [3.8, 4) is 28.1 Å². The van der Waals surface area contributed by atoms with Gasteiger partial charge in [0.1, 0.15) is 29.7 Å². The molecule has 0 aliphatic rings. The van der Waals surface area contributed by atoms with Crippen LogP contribution < -0.4 is 4.74 Å². The van der Waals surface area contributed by atoms with E-state index in [1.54, 1.807) is 29.2 Å². The molecule has 0 spiro atoms.